The van der Waals surface area contributed by atoms with Gasteiger partial charge in [0.25, 0.3) is 5.91 Å². The van der Waals surface area contributed by atoms with Crippen LogP contribution in [0.4, 0.5) is 5.69 Å². The molecule has 8 heteroatoms. The second-order valence-corrected chi connectivity index (χ2v) is 10.6. The minimum Gasteiger partial charge on any atom is -0.507 e. The molecular weight excluding hydrogens is 526 g/mol. The average Bonchev–Trinajstić information content (AvgIpc) is 3.24. The molecule has 0 radical (unpaired) electrons. The van der Waals surface area contributed by atoms with Gasteiger partial charge in [0.15, 0.2) is 0 Å². The standard InChI is InChI=1S/C32H22ClN3O4/c33-23-14-6-7-15-24(23)36-30(39)27-26-18-9-1-4-12-21(18)32(28(27)31(36)40,22-13-5-2-10-19(22)26)17-34-35-29(38)20-11-3-8-16-25(20)37/h1-17,26-28,37H,(H,35,38)/b34-17-/t26?,27-,28-,32?/m0/s1. The Bertz CT molecular complexity index is 1720. The summed E-state index contributed by atoms with van der Waals surface area (Å²) in [5.74, 6) is -3.27. The lowest BCUT2D eigenvalue weighted by Crippen LogP contribution is -2.54. The monoisotopic (exact) mass is 547 g/mol. The maximum Gasteiger partial charge on any atom is 0.275 e. The van der Waals surface area contributed by atoms with Crippen LogP contribution in [-0.4, -0.2) is 29.0 Å². The molecule has 4 aromatic rings. The number of hydrogen-bond acceptors (Lipinski definition) is 5. The molecule has 3 aliphatic carbocycles. The van der Waals surface area contributed by atoms with Crippen molar-refractivity contribution in [1.29, 1.82) is 0 Å². The number of nitrogens with one attached hydrogen (secondary N) is 1. The highest BCUT2D eigenvalue weighted by molar-refractivity contribution is 6.36. The van der Waals surface area contributed by atoms with E-state index in [4.69, 9.17) is 11.6 Å². The van der Waals surface area contributed by atoms with Crippen LogP contribution < -0.4 is 10.3 Å². The van der Waals surface area contributed by atoms with E-state index in [1.165, 1.54) is 17.0 Å². The zero-order valence-electron chi connectivity index (χ0n) is 21.0. The van der Waals surface area contributed by atoms with Gasteiger partial charge < -0.3 is 5.11 Å². The van der Waals surface area contributed by atoms with Gasteiger partial charge in [0.05, 0.1) is 33.5 Å². The summed E-state index contributed by atoms with van der Waals surface area (Å²) in [7, 11) is 0. The number of anilines is 1. The van der Waals surface area contributed by atoms with E-state index < -0.39 is 23.2 Å². The highest BCUT2D eigenvalue weighted by Gasteiger charge is 2.68. The van der Waals surface area contributed by atoms with Crippen LogP contribution in [0.5, 0.6) is 5.75 Å². The number of amides is 3. The first-order valence-electron chi connectivity index (χ1n) is 12.9. The molecule has 0 spiro atoms. The Hall–Kier alpha value is -4.75. The van der Waals surface area contributed by atoms with Crippen LogP contribution in [0.15, 0.2) is 102 Å². The number of hydrazone groups is 1. The second kappa shape index (κ2) is 8.89. The molecule has 4 aliphatic rings. The molecule has 1 heterocycles. The van der Waals surface area contributed by atoms with Crippen molar-refractivity contribution in [2.75, 3.05) is 4.90 Å². The number of aromatic hydroxyl groups is 1. The minimum absolute atomic E-state index is 0.0696. The Balaban J connectivity index is 1.42. The predicted molar refractivity (Wildman–Crippen MR) is 150 cm³/mol. The summed E-state index contributed by atoms with van der Waals surface area (Å²) in [6.07, 6.45) is 1.58. The van der Waals surface area contributed by atoms with E-state index in [2.05, 4.69) is 10.5 Å². The SMILES string of the molecule is O=C(N/N=C\C12c3ccccc3C(c3ccccc31)[C@@H]1C(=O)N(c3ccccc3Cl)C(=O)[C@H]12)c1ccccc1O. The second-order valence-electron chi connectivity index (χ2n) is 10.2. The number of carbonyl (C=O) groups is 3. The van der Waals surface area contributed by atoms with Gasteiger partial charge in [-0.05, 0) is 46.5 Å². The van der Waals surface area contributed by atoms with E-state index in [1.54, 1.807) is 42.6 Å². The minimum atomic E-state index is -1.14. The van der Waals surface area contributed by atoms with Gasteiger partial charge in [-0.25, -0.2) is 10.3 Å². The normalized spacial score (nSPS) is 24.1. The van der Waals surface area contributed by atoms with Gasteiger partial charge in [-0.3, -0.25) is 14.4 Å². The third-order valence-corrected chi connectivity index (χ3v) is 8.68. The quantitative estimate of drug-likeness (QED) is 0.213. The number of rotatable bonds is 4. The molecule has 3 amide bonds. The fourth-order valence-electron chi connectivity index (χ4n) is 6.84. The molecule has 4 aromatic carbocycles. The van der Waals surface area contributed by atoms with Gasteiger partial charge in [0, 0.05) is 12.1 Å². The molecule has 1 aliphatic heterocycles. The van der Waals surface area contributed by atoms with Gasteiger partial charge in [-0.2, -0.15) is 5.10 Å². The van der Waals surface area contributed by atoms with E-state index in [9.17, 15) is 19.5 Å². The molecule has 2 N–H and O–H groups in total. The summed E-state index contributed by atoms with van der Waals surface area (Å²) in [4.78, 5) is 42.6. The third kappa shape index (κ3) is 3.18. The molecule has 40 heavy (non-hydrogen) atoms. The van der Waals surface area contributed by atoms with Gasteiger partial charge in [-0.1, -0.05) is 84.4 Å². The Morgan fingerprint density at radius 2 is 1.45 bits per heavy atom. The molecule has 1 saturated heterocycles. The molecule has 196 valence electrons. The number of hydrogen-bond donors (Lipinski definition) is 2. The smallest absolute Gasteiger partial charge is 0.275 e. The molecule has 7 nitrogen and oxygen atoms in total. The maximum absolute atomic E-state index is 14.3. The summed E-state index contributed by atoms with van der Waals surface area (Å²) >= 11 is 6.48. The Labute approximate surface area is 234 Å². The first-order valence-corrected chi connectivity index (χ1v) is 13.3. The van der Waals surface area contributed by atoms with Crippen molar-refractivity contribution in [2.24, 2.45) is 16.9 Å². The van der Waals surface area contributed by atoms with Crippen LogP contribution in [0.2, 0.25) is 5.02 Å². The summed E-state index contributed by atoms with van der Waals surface area (Å²) in [6, 6.07) is 28.6. The Morgan fingerprint density at radius 1 is 0.850 bits per heavy atom. The fraction of sp³-hybridized carbons (Fsp3) is 0.125. The molecule has 0 aromatic heterocycles. The molecule has 2 bridgehead atoms. The Morgan fingerprint density at radius 3 is 2.12 bits per heavy atom. The Kier molecular flexibility index (Phi) is 5.40. The summed E-state index contributed by atoms with van der Waals surface area (Å²) in [5, 5.41) is 14.8. The topological polar surface area (TPSA) is 99.1 Å². The molecular formula is C32H22ClN3O4. The highest BCUT2D eigenvalue weighted by atomic mass is 35.5. The van der Waals surface area contributed by atoms with Gasteiger partial charge in [0.2, 0.25) is 11.8 Å². The lowest BCUT2D eigenvalue weighted by atomic mass is 9.47. The van der Waals surface area contributed by atoms with Crippen LogP contribution in [0.25, 0.3) is 0 Å². The van der Waals surface area contributed by atoms with Crippen molar-refractivity contribution in [3.63, 3.8) is 0 Å². The molecule has 0 unspecified atom stereocenters. The number of carbonyl (C=O) groups excluding carboxylic acids is 3. The van der Waals surface area contributed by atoms with E-state index >= 15 is 0 Å². The number of phenolic OH excluding ortho intramolecular Hbond substituents is 1. The van der Waals surface area contributed by atoms with Crippen molar-refractivity contribution in [3.05, 3.63) is 130 Å². The van der Waals surface area contributed by atoms with Gasteiger partial charge in [-0.15, -0.1) is 0 Å². The van der Waals surface area contributed by atoms with Crippen molar-refractivity contribution in [2.45, 2.75) is 11.3 Å². The van der Waals surface area contributed by atoms with E-state index in [-0.39, 0.29) is 29.0 Å². The lowest BCUT2D eigenvalue weighted by Gasteiger charge is -2.52. The lowest BCUT2D eigenvalue weighted by molar-refractivity contribution is -0.122. The average molecular weight is 548 g/mol. The van der Waals surface area contributed by atoms with Crippen LogP contribution in [0, 0.1) is 11.8 Å². The van der Waals surface area contributed by atoms with E-state index in [0.29, 0.717) is 10.7 Å². The zero-order valence-corrected chi connectivity index (χ0v) is 21.7. The molecule has 2 atom stereocenters. The largest absolute Gasteiger partial charge is 0.507 e. The summed E-state index contributed by atoms with van der Waals surface area (Å²) in [5.41, 5.74) is 5.42. The maximum atomic E-state index is 14.3. The number of phenols is 1. The number of nitrogens with zero attached hydrogens (tertiary/aromatic N) is 2. The van der Waals surface area contributed by atoms with Crippen LogP contribution in [-0.2, 0) is 15.0 Å². The number of halogens is 1. The van der Waals surface area contributed by atoms with Gasteiger partial charge in [0.1, 0.15) is 5.75 Å². The van der Waals surface area contributed by atoms with Crippen molar-refractivity contribution in [1.82, 2.24) is 5.43 Å². The van der Waals surface area contributed by atoms with Crippen molar-refractivity contribution < 1.29 is 19.5 Å². The van der Waals surface area contributed by atoms with Crippen molar-refractivity contribution >= 4 is 41.2 Å². The van der Waals surface area contributed by atoms with Crippen LogP contribution in [0.3, 0.4) is 0 Å². The number of imide groups is 1. The fourth-order valence-corrected chi connectivity index (χ4v) is 7.06. The highest BCUT2D eigenvalue weighted by Crippen LogP contribution is 2.63. The van der Waals surface area contributed by atoms with Crippen LogP contribution >= 0.6 is 11.6 Å². The van der Waals surface area contributed by atoms with E-state index in [1.807, 2.05) is 48.5 Å². The predicted octanol–water partition coefficient (Wildman–Crippen LogP) is 5.01. The number of benzene rings is 4. The van der Waals surface area contributed by atoms with Crippen LogP contribution in [0.1, 0.15) is 38.5 Å². The summed E-state index contributed by atoms with van der Waals surface area (Å²) in [6.45, 7) is 0. The molecule has 0 saturated carbocycles. The first kappa shape index (κ1) is 24.3. The number of para-hydroxylation sites is 2. The first-order chi connectivity index (χ1) is 19.4. The van der Waals surface area contributed by atoms with Crippen molar-refractivity contribution in [3.8, 4) is 5.75 Å². The molecule has 8 rings (SSSR count). The zero-order chi connectivity index (χ0) is 27.6. The van der Waals surface area contributed by atoms with Gasteiger partial charge >= 0.3 is 0 Å². The third-order valence-electron chi connectivity index (χ3n) is 8.36. The van der Waals surface area contributed by atoms with E-state index in [0.717, 1.165) is 22.3 Å². The summed E-state index contributed by atoms with van der Waals surface area (Å²) < 4.78 is 0. The molecule has 1 fully saturated rings.